The zero-order chi connectivity index (χ0) is 26.0. The van der Waals surface area contributed by atoms with Crippen molar-refractivity contribution in [3.8, 4) is 17.0 Å². The second kappa shape index (κ2) is 10.6. The normalized spacial score (nSPS) is 19.8. The van der Waals surface area contributed by atoms with Gasteiger partial charge in [-0.3, -0.25) is 5.43 Å². The fourth-order valence-electron chi connectivity index (χ4n) is 4.62. The third-order valence-electron chi connectivity index (χ3n) is 6.37. The van der Waals surface area contributed by atoms with Gasteiger partial charge in [0.05, 0.1) is 19.2 Å². The van der Waals surface area contributed by atoms with Crippen LogP contribution in [0, 0.1) is 11.7 Å². The molecule has 36 heavy (non-hydrogen) atoms. The minimum atomic E-state index is -3.70. The number of ether oxygens (including phenoxy) is 1. The largest absolute Gasteiger partial charge is 0.481 e. The number of sulfonamides is 1. The van der Waals surface area contributed by atoms with Crippen molar-refractivity contribution in [1.82, 2.24) is 19.6 Å². The first kappa shape index (κ1) is 26.2. The lowest BCUT2D eigenvalue weighted by molar-refractivity contribution is 0.330. The van der Waals surface area contributed by atoms with Gasteiger partial charge in [0, 0.05) is 37.5 Å². The van der Waals surface area contributed by atoms with Crippen molar-refractivity contribution in [3.05, 3.63) is 41.8 Å². The van der Waals surface area contributed by atoms with Crippen molar-refractivity contribution in [2.45, 2.75) is 32.6 Å². The summed E-state index contributed by atoms with van der Waals surface area (Å²) >= 11 is 0. The molecule has 0 aliphatic carbocycles. The van der Waals surface area contributed by atoms with Gasteiger partial charge in [-0.15, -0.1) is 0 Å². The number of rotatable bonds is 7. The first-order valence-corrected chi connectivity index (χ1v) is 13.4. The molecule has 2 aliphatic heterocycles. The highest BCUT2D eigenvalue weighted by Gasteiger charge is 2.37. The number of hydrogen-bond donors (Lipinski definition) is 1. The monoisotopic (exact) mass is 516 g/mol. The van der Waals surface area contributed by atoms with Crippen LogP contribution in [0.1, 0.15) is 38.2 Å². The number of halogens is 1. The van der Waals surface area contributed by atoms with E-state index in [9.17, 15) is 12.8 Å². The van der Waals surface area contributed by atoms with E-state index in [1.165, 1.54) is 23.5 Å². The second-order valence-corrected chi connectivity index (χ2v) is 11.7. The molecule has 9 nitrogen and oxygen atoms in total. The van der Waals surface area contributed by atoms with Gasteiger partial charge in [-0.25, -0.2) is 22.8 Å². The lowest BCUT2D eigenvalue weighted by Gasteiger charge is -2.18. The molecule has 1 aromatic heterocycles. The summed E-state index contributed by atoms with van der Waals surface area (Å²) in [7, 11) is 1.79. The minimum absolute atomic E-state index is 0.0220. The molecule has 1 fully saturated rings. The Morgan fingerprint density at radius 3 is 2.78 bits per heavy atom. The molecule has 4 rings (SSSR count). The summed E-state index contributed by atoms with van der Waals surface area (Å²) in [5, 5.41) is 4.18. The molecular formula is C25H33FN6O3S. The predicted octanol–water partition coefficient (Wildman–Crippen LogP) is 3.57. The summed E-state index contributed by atoms with van der Waals surface area (Å²) in [6.45, 7) is 5.72. The van der Waals surface area contributed by atoms with Gasteiger partial charge in [0.1, 0.15) is 11.7 Å². The number of benzene rings is 1. The Kier molecular flexibility index (Phi) is 7.72. The third-order valence-corrected chi connectivity index (χ3v) is 8.21. The molecular weight excluding hydrogens is 483 g/mol. The van der Waals surface area contributed by atoms with Crippen LogP contribution in [-0.4, -0.2) is 74.3 Å². The molecule has 0 radical (unpaired) electrons. The van der Waals surface area contributed by atoms with Crippen LogP contribution in [-0.2, 0) is 10.0 Å². The first-order chi connectivity index (χ1) is 17.1. The second-order valence-electron chi connectivity index (χ2n) is 9.77. The zero-order valence-corrected chi connectivity index (χ0v) is 22.1. The van der Waals surface area contributed by atoms with Gasteiger partial charge in [0.25, 0.3) is 10.0 Å². The van der Waals surface area contributed by atoms with Crippen molar-refractivity contribution >= 4 is 26.6 Å². The Hall–Kier alpha value is -2.89. The summed E-state index contributed by atoms with van der Waals surface area (Å²) < 4.78 is 47.9. The number of methoxy groups -OCH3 is 1. The van der Waals surface area contributed by atoms with Crippen molar-refractivity contribution < 1.29 is 17.5 Å². The molecule has 1 aromatic carbocycles. The lowest BCUT2D eigenvalue weighted by atomic mass is 9.94. The highest BCUT2D eigenvalue weighted by atomic mass is 32.2. The molecule has 0 bridgehead atoms. The van der Waals surface area contributed by atoms with E-state index in [0.717, 1.165) is 13.0 Å². The molecule has 1 N–H and O–H groups in total. The third kappa shape index (κ3) is 5.58. The van der Waals surface area contributed by atoms with Crippen LogP contribution < -0.4 is 10.2 Å². The molecule has 2 aliphatic rings. The van der Waals surface area contributed by atoms with E-state index in [1.807, 2.05) is 27.9 Å². The van der Waals surface area contributed by atoms with Gasteiger partial charge in [-0.1, -0.05) is 13.8 Å². The standard InChI is InChI=1S/C25H33FN6O3S/c1-16(2)20-11-19(26)12-21(18-6-8-27-23(10-18)35-5)25(20)28-22-13-24(30-29-22)36(33,34)32-9-7-17(15-32)14-31(3)4/h6,8,10-12,16-17H,7,9,13-15H2,1-5H3,(H,28,29). The average molecular weight is 517 g/mol. The highest BCUT2D eigenvalue weighted by molar-refractivity contribution is 8.04. The van der Waals surface area contributed by atoms with Crippen LogP contribution in [0.25, 0.3) is 11.1 Å². The molecule has 0 saturated carbocycles. The Morgan fingerprint density at radius 2 is 2.08 bits per heavy atom. The number of hydrogen-bond acceptors (Lipinski definition) is 7. The molecule has 3 heterocycles. The SMILES string of the molecule is COc1cc(-c2cc(F)cc(C(C)C)c2N=C2CC(S(=O)(=O)N3CCC(CN(C)C)C3)=NN2)ccn1. The van der Waals surface area contributed by atoms with Crippen molar-refractivity contribution in [3.63, 3.8) is 0 Å². The molecule has 2 aromatic rings. The maximum absolute atomic E-state index is 14.6. The Balaban J connectivity index is 1.64. The Bertz CT molecular complexity index is 1290. The summed E-state index contributed by atoms with van der Waals surface area (Å²) in [6, 6.07) is 6.36. The summed E-state index contributed by atoms with van der Waals surface area (Å²) in [6.07, 6.45) is 2.46. The maximum atomic E-state index is 14.6. The van der Waals surface area contributed by atoms with Gasteiger partial charge in [-0.2, -0.15) is 9.41 Å². The van der Waals surface area contributed by atoms with Crippen LogP contribution in [0.3, 0.4) is 0 Å². The Morgan fingerprint density at radius 1 is 1.31 bits per heavy atom. The molecule has 0 amide bonds. The number of pyridine rings is 1. The van der Waals surface area contributed by atoms with E-state index in [2.05, 4.69) is 20.4 Å². The van der Waals surface area contributed by atoms with Crippen molar-refractivity contribution in [1.29, 1.82) is 0 Å². The molecule has 1 unspecified atom stereocenters. The van der Waals surface area contributed by atoms with Crippen molar-refractivity contribution in [2.75, 3.05) is 40.8 Å². The van der Waals surface area contributed by atoms with E-state index >= 15 is 0 Å². The molecule has 1 saturated heterocycles. The zero-order valence-electron chi connectivity index (χ0n) is 21.3. The van der Waals surface area contributed by atoms with E-state index < -0.39 is 10.0 Å². The molecule has 1 atom stereocenters. The molecule has 194 valence electrons. The minimum Gasteiger partial charge on any atom is -0.481 e. The quantitative estimate of drug-likeness (QED) is 0.604. The number of amidine groups is 1. The van der Waals surface area contributed by atoms with Crippen LogP contribution in [0.15, 0.2) is 40.6 Å². The highest BCUT2D eigenvalue weighted by Crippen LogP contribution is 2.39. The fourth-order valence-corrected chi connectivity index (χ4v) is 6.15. The van der Waals surface area contributed by atoms with Crippen molar-refractivity contribution in [2.24, 2.45) is 16.0 Å². The molecule has 11 heteroatoms. The van der Waals surface area contributed by atoms with Gasteiger partial charge in [0.2, 0.25) is 5.88 Å². The number of aliphatic imine (C=N–C) groups is 1. The van der Waals surface area contributed by atoms with E-state index in [1.54, 1.807) is 18.3 Å². The Labute approximate surface area is 212 Å². The first-order valence-electron chi connectivity index (χ1n) is 12.0. The van der Waals surface area contributed by atoms with Crippen LogP contribution >= 0.6 is 0 Å². The van der Waals surface area contributed by atoms with Gasteiger partial charge in [-0.05, 0) is 61.7 Å². The fraction of sp³-hybridized carbons (Fsp3) is 0.480. The topological polar surface area (TPSA) is 99.5 Å². The smallest absolute Gasteiger partial charge is 0.258 e. The van der Waals surface area contributed by atoms with Crippen LogP contribution in [0.2, 0.25) is 0 Å². The van der Waals surface area contributed by atoms with Crippen LogP contribution in [0.4, 0.5) is 10.1 Å². The summed E-state index contributed by atoms with van der Waals surface area (Å²) in [5.74, 6) is 0.689. The number of nitrogens with zero attached hydrogens (tertiary/aromatic N) is 5. The van der Waals surface area contributed by atoms with Gasteiger partial charge >= 0.3 is 0 Å². The summed E-state index contributed by atoms with van der Waals surface area (Å²) in [5.41, 5.74) is 5.33. The van der Waals surface area contributed by atoms with Gasteiger partial charge in [0.15, 0.2) is 5.04 Å². The maximum Gasteiger partial charge on any atom is 0.258 e. The van der Waals surface area contributed by atoms with E-state index in [-0.39, 0.29) is 23.2 Å². The number of aromatic nitrogens is 1. The number of hydrazone groups is 1. The average Bonchev–Trinajstić information content (AvgIpc) is 3.50. The number of nitrogens with one attached hydrogen (secondary N) is 1. The van der Waals surface area contributed by atoms with Gasteiger partial charge < -0.3 is 9.64 Å². The van der Waals surface area contributed by atoms with E-state index in [4.69, 9.17) is 9.73 Å². The lowest BCUT2D eigenvalue weighted by Crippen LogP contribution is -2.35. The van der Waals surface area contributed by atoms with Crippen LogP contribution in [0.5, 0.6) is 5.88 Å². The molecule has 0 spiro atoms. The summed E-state index contributed by atoms with van der Waals surface area (Å²) in [4.78, 5) is 11.0. The predicted molar refractivity (Wildman–Crippen MR) is 140 cm³/mol. The van der Waals surface area contributed by atoms with E-state index in [0.29, 0.717) is 53.1 Å².